The van der Waals surface area contributed by atoms with E-state index in [0.29, 0.717) is 18.8 Å². The van der Waals surface area contributed by atoms with Crippen LogP contribution in [0.15, 0.2) is 6.07 Å². The molecule has 0 amide bonds. The highest BCUT2D eigenvalue weighted by atomic mass is 16.7. The number of aliphatic hydroxyl groups is 1. The minimum Gasteiger partial charge on any atom is -0.492 e. The number of fused-ring (bicyclic) bond motifs is 2. The molecular formula is C21H31NO5. The van der Waals surface area contributed by atoms with Gasteiger partial charge in [0.2, 0.25) is 12.5 Å². The van der Waals surface area contributed by atoms with Gasteiger partial charge in [-0.3, -0.25) is 4.90 Å². The average Bonchev–Trinajstić information content (AvgIpc) is 3.09. The van der Waals surface area contributed by atoms with Crippen molar-refractivity contribution < 1.29 is 24.1 Å². The van der Waals surface area contributed by atoms with Crippen molar-refractivity contribution in [3.05, 3.63) is 17.2 Å². The van der Waals surface area contributed by atoms with Crippen LogP contribution in [0.4, 0.5) is 0 Å². The van der Waals surface area contributed by atoms with Crippen molar-refractivity contribution in [1.82, 2.24) is 4.90 Å². The number of hydrogen-bond acceptors (Lipinski definition) is 6. The number of hydrogen-bond donors (Lipinski definition) is 1. The minimum absolute atomic E-state index is 0.0964. The van der Waals surface area contributed by atoms with Crippen molar-refractivity contribution in [2.45, 2.75) is 57.3 Å². The maximum Gasteiger partial charge on any atom is 0.231 e. The first kappa shape index (κ1) is 18.8. The smallest absolute Gasteiger partial charge is 0.231 e. The van der Waals surface area contributed by atoms with Gasteiger partial charge in [0.05, 0.1) is 18.8 Å². The van der Waals surface area contributed by atoms with Gasteiger partial charge in [-0.25, -0.2) is 0 Å². The van der Waals surface area contributed by atoms with E-state index in [1.54, 1.807) is 7.11 Å². The van der Waals surface area contributed by atoms with Crippen LogP contribution in [0.3, 0.4) is 0 Å². The highest BCUT2D eigenvalue weighted by Crippen LogP contribution is 2.50. The summed E-state index contributed by atoms with van der Waals surface area (Å²) in [5, 5.41) is 11.1. The molecule has 0 radical (unpaired) electrons. The molecule has 0 unspecified atom stereocenters. The van der Waals surface area contributed by atoms with Crippen LogP contribution in [0.1, 0.15) is 50.3 Å². The zero-order valence-electron chi connectivity index (χ0n) is 16.8. The molecule has 27 heavy (non-hydrogen) atoms. The molecule has 0 aromatic heterocycles. The van der Waals surface area contributed by atoms with Crippen molar-refractivity contribution in [2.75, 3.05) is 34.1 Å². The first-order valence-corrected chi connectivity index (χ1v) is 9.91. The monoisotopic (exact) mass is 377 g/mol. The molecule has 6 heteroatoms. The molecule has 3 heterocycles. The van der Waals surface area contributed by atoms with E-state index in [2.05, 4.69) is 31.9 Å². The van der Waals surface area contributed by atoms with Crippen LogP contribution in [0.2, 0.25) is 0 Å². The maximum absolute atomic E-state index is 11.1. The summed E-state index contributed by atoms with van der Waals surface area (Å²) in [7, 11) is 3.80. The standard InChI is InChI=1S/C21H31NO5/c1-21(2)11-14(6-8-27-21)16(23)10-15-18-13(5-7-22(15)3)9-17-19(20(18)24-4)26-12-25-17/h9,14-16,23H,5-8,10-12H2,1-4H3/t14-,15-,16+/m0/s1. The SMILES string of the molecule is COc1c2c(cc3c1[C@H](C[C@@H](O)[C@H]1CCOC(C)(C)C1)N(C)CC3)OCO2. The third-order valence-corrected chi connectivity index (χ3v) is 6.29. The fourth-order valence-electron chi connectivity index (χ4n) is 4.85. The molecule has 3 aliphatic rings. The van der Waals surface area contributed by atoms with Gasteiger partial charge in [-0.1, -0.05) is 0 Å². The summed E-state index contributed by atoms with van der Waals surface area (Å²) in [6, 6.07) is 2.18. The molecule has 0 bridgehead atoms. The Kier molecular flexibility index (Phi) is 4.99. The van der Waals surface area contributed by atoms with Gasteiger partial charge in [0.1, 0.15) is 0 Å². The maximum atomic E-state index is 11.1. The van der Waals surface area contributed by atoms with E-state index < -0.39 is 0 Å². The van der Waals surface area contributed by atoms with Crippen LogP contribution in [0.5, 0.6) is 17.2 Å². The van der Waals surface area contributed by atoms with E-state index in [1.807, 2.05) is 0 Å². The van der Waals surface area contributed by atoms with E-state index in [0.717, 1.165) is 42.9 Å². The molecule has 150 valence electrons. The van der Waals surface area contributed by atoms with Crippen molar-refractivity contribution in [1.29, 1.82) is 0 Å². The number of methoxy groups -OCH3 is 1. The number of nitrogens with zero attached hydrogens (tertiary/aromatic N) is 1. The van der Waals surface area contributed by atoms with Gasteiger partial charge < -0.3 is 24.1 Å². The predicted octanol–water partition coefficient (Wildman–Crippen LogP) is 2.91. The quantitative estimate of drug-likeness (QED) is 0.871. The lowest BCUT2D eigenvalue weighted by atomic mass is 9.80. The van der Waals surface area contributed by atoms with Crippen LogP contribution in [-0.2, 0) is 11.2 Å². The van der Waals surface area contributed by atoms with Gasteiger partial charge >= 0.3 is 0 Å². The Morgan fingerprint density at radius 3 is 2.93 bits per heavy atom. The third-order valence-electron chi connectivity index (χ3n) is 6.29. The Bertz CT molecular complexity index is 704. The summed E-state index contributed by atoms with van der Waals surface area (Å²) < 4.78 is 22.9. The Morgan fingerprint density at radius 1 is 1.37 bits per heavy atom. The summed E-state index contributed by atoms with van der Waals surface area (Å²) in [5.74, 6) is 2.47. The number of likely N-dealkylation sites (N-methyl/N-ethyl adjacent to an activating group) is 1. The first-order chi connectivity index (χ1) is 12.9. The van der Waals surface area contributed by atoms with Gasteiger partial charge in [0.15, 0.2) is 11.5 Å². The number of benzene rings is 1. The largest absolute Gasteiger partial charge is 0.492 e. The molecule has 1 aromatic rings. The molecule has 1 saturated heterocycles. The van der Waals surface area contributed by atoms with Crippen LogP contribution < -0.4 is 14.2 Å². The van der Waals surface area contributed by atoms with Crippen LogP contribution in [-0.4, -0.2) is 55.8 Å². The minimum atomic E-state index is -0.373. The molecule has 4 rings (SSSR count). The van der Waals surface area contributed by atoms with Crippen molar-refractivity contribution in [2.24, 2.45) is 5.92 Å². The molecule has 6 nitrogen and oxygen atoms in total. The second kappa shape index (κ2) is 7.15. The Balaban J connectivity index is 1.62. The number of ether oxygens (including phenoxy) is 4. The van der Waals surface area contributed by atoms with Crippen molar-refractivity contribution in [3.8, 4) is 17.2 Å². The van der Waals surface area contributed by atoms with E-state index in [-0.39, 0.29) is 30.5 Å². The highest BCUT2D eigenvalue weighted by molar-refractivity contribution is 5.61. The van der Waals surface area contributed by atoms with E-state index in [1.165, 1.54) is 5.56 Å². The molecule has 1 aromatic carbocycles. The van der Waals surface area contributed by atoms with Crippen LogP contribution >= 0.6 is 0 Å². The van der Waals surface area contributed by atoms with Gasteiger partial charge in [-0.2, -0.15) is 0 Å². The van der Waals surface area contributed by atoms with E-state index >= 15 is 0 Å². The summed E-state index contributed by atoms with van der Waals surface area (Å²) in [6.45, 7) is 6.12. The lowest BCUT2D eigenvalue weighted by Crippen LogP contribution is -2.41. The Labute approximate surface area is 161 Å². The number of rotatable bonds is 4. The Morgan fingerprint density at radius 2 is 2.19 bits per heavy atom. The summed E-state index contributed by atoms with van der Waals surface area (Å²) in [5.41, 5.74) is 2.21. The third kappa shape index (κ3) is 3.50. The summed E-state index contributed by atoms with van der Waals surface area (Å²) in [4.78, 5) is 2.32. The van der Waals surface area contributed by atoms with Crippen LogP contribution in [0.25, 0.3) is 0 Å². The fraction of sp³-hybridized carbons (Fsp3) is 0.714. The topological polar surface area (TPSA) is 60.4 Å². The second-order valence-electron chi connectivity index (χ2n) is 8.63. The average molecular weight is 377 g/mol. The highest BCUT2D eigenvalue weighted by Gasteiger charge is 2.38. The van der Waals surface area contributed by atoms with E-state index in [4.69, 9.17) is 18.9 Å². The predicted molar refractivity (Wildman–Crippen MR) is 102 cm³/mol. The van der Waals surface area contributed by atoms with Gasteiger partial charge in [0, 0.05) is 24.8 Å². The molecule has 3 aliphatic heterocycles. The Hall–Kier alpha value is -1.50. The first-order valence-electron chi connectivity index (χ1n) is 9.91. The number of aliphatic hydroxyl groups excluding tert-OH is 1. The van der Waals surface area contributed by atoms with E-state index in [9.17, 15) is 5.11 Å². The summed E-state index contributed by atoms with van der Waals surface area (Å²) >= 11 is 0. The van der Waals surface area contributed by atoms with Crippen molar-refractivity contribution >= 4 is 0 Å². The van der Waals surface area contributed by atoms with Gasteiger partial charge in [0.25, 0.3) is 0 Å². The van der Waals surface area contributed by atoms with Gasteiger partial charge in [-0.15, -0.1) is 0 Å². The molecular weight excluding hydrogens is 346 g/mol. The fourth-order valence-corrected chi connectivity index (χ4v) is 4.85. The second-order valence-corrected chi connectivity index (χ2v) is 8.63. The molecule has 1 N–H and O–H groups in total. The van der Waals surface area contributed by atoms with Crippen molar-refractivity contribution in [3.63, 3.8) is 0 Å². The molecule has 0 saturated carbocycles. The zero-order chi connectivity index (χ0) is 19.2. The summed E-state index contributed by atoms with van der Waals surface area (Å²) in [6.07, 6.45) is 3.04. The lowest BCUT2D eigenvalue weighted by Gasteiger charge is -2.41. The molecule has 0 spiro atoms. The zero-order valence-corrected chi connectivity index (χ0v) is 16.8. The molecule has 1 fully saturated rings. The lowest BCUT2D eigenvalue weighted by molar-refractivity contribution is -0.0987. The normalized spacial score (nSPS) is 27.9. The van der Waals surface area contributed by atoms with Gasteiger partial charge in [-0.05, 0) is 64.1 Å². The molecule has 3 atom stereocenters. The van der Waals surface area contributed by atoms with Crippen LogP contribution in [0, 0.1) is 5.92 Å². The molecule has 0 aliphatic carbocycles.